The molecular formula is C17H23ClN2O. The predicted octanol–water partition coefficient (Wildman–Crippen LogP) is 4.86. The van der Waals surface area contributed by atoms with Gasteiger partial charge in [-0.15, -0.1) is 0 Å². The van der Waals surface area contributed by atoms with Crippen LogP contribution in [0.2, 0.25) is 5.02 Å². The summed E-state index contributed by atoms with van der Waals surface area (Å²) in [6.45, 7) is 4.35. The summed E-state index contributed by atoms with van der Waals surface area (Å²) in [5.74, 6) is 0.554. The van der Waals surface area contributed by atoms with Crippen molar-refractivity contribution in [2.45, 2.75) is 52.1 Å². The summed E-state index contributed by atoms with van der Waals surface area (Å²) in [4.78, 5) is 0. The number of benzene rings is 1. The molecule has 3 nitrogen and oxygen atoms in total. The highest BCUT2D eigenvalue weighted by molar-refractivity contribution is 6.31. The third kappa shape index (κ3) is 2.69. The molecule has 2 aromatic rings. The molecule has 1 fully saturated rings. The molecule has 0 saturated heterocycles. The largest absolute Gasteiger partial charge is 0.388 e. The minimum Gasteiger partial charge on any atom is -0.388 e. The van der Waals surface area contributed by atoms with E-state index in [1.807, 2.05) is 12.1 Å². The summed E-state index contributed by atoms with van der Waals surface area (Å²) in [7, 11) is 0. The Balaban J connectivity index is 1.98. The molecule has 1 aromatic carbocycles. The fourth-order valence-corrected chi connectivity index (χ4v) is 3.97. The summed E-state index contributed by atoms with van der Waals surface area (Å²) in [6, 6.07) is 3.75. The van der Waals surface area contributed by atoms with Crippen molar-refractivity contribution in [3.63, 3.8) is 0 Å². The van der Waals surface area contributed by atoms with Crippen LogP contribution in [-0.2, 0) is 0 Å². The van der Waals surface area contributed by atoms with Crippen LogP contribution in [0.3, 0.4) is 0 Å². The fourth-order valence-electron chi connectivity index (χ4n) is 3.73. The molecule has 0 radical (unpaired) electrons. The zero-order valence-electron chi connectivity index (χ0n) is 12.7. The van der Waals surface area contributed by atoms with Gasteiger partial charge in [-0.25, -0.2) is 0 Å². The Morgan fingerprint density at radius 2 is 2.00 bits per heavy atom. The van der Waals surface area contributed by atoms with Crippen molar-refractivity contribution in [3.05, 3.63) is 28.9 Å². The smallest absolute Gasteiger partial charge is 0.0864 e. The van der Waals surface area contributed by atoms with Crippen LogP contribution in [0.5, 0.6) is 0 Å². The van der Waals surface area contributed by atoms with Gasteiger partial charge in [0.15, 0.2) is 0 Å². The Morgan fingerprint density at radius 1 is 1.29 bits per heavy atom. The lowest BCUT2D eigenvalue weighted by atomic mass is 9.66. The summed E-state index contributed by atoms with van der Waals surface area (Å²) in [5, 5.41) is 19.7. The molecule has 114 valence electrons. The van der Waals surface area contributed by atoms with Crippen LogP contribution in [-0.4, -0.2) is 15.3 Å². The highest BCUT2D eigenvalue weighted by Crippen LogP contribution is 2.47. The molecule has 3 rings (SSSR count). The van der Waals surface area contributed by atoms with E-state index < -0.39 is 6.10 Å². The van der Waals surface area contributed by atoms with Crippen LogP contribution in [0.25, 0.3) is 10.9 Å². The third-order valence-electron chi connectivity index (χ3n) is 5.20. The molecule has 4 heteroatoms. The Hall–Kier alpha value is -1.06. The summed E-state index contributed by atoms with van der Waals surface area (Å²) in [5.41, 5.74) is 1.60. The van der Waals surface area contributed by atoms with E-state index in [1.54, 1.807) is 6.20 Å². The van der Waals surface area contributed by atoms with E-state index in [9.17, 15) is 5.11 Å². The van der Waals surface area contributed by atoms with Crippen LogP contribution in [0, 0.1) is 11.3 Å². The average Bonchev–Trinajstić information content (AvgIpc) is 2.94. The van der Waals surface area contributed by atoms with E-state index in [-0.39, 0.29) is 5.41 Å². The van der Waals surface area contributed by atoms with Gasteiger partial charge in [0, 0.05) is 16.0 Å². The molecule has 0 aliphatic heterocycles. The van der Waals surface area contributed by atoms with Gasteiger partial charge in [-0.1, -0.05) is 44.7 Å². The molecule has 1 heterocycles. The van der Waals surface area contributed by atoms with Crippen LogP contribution in [0.4, 0.5) is 0 Å². The van der Waals surface area contributed by atoms with Crippen molar-refractivity contribution in [1.82, 2.24) is 10.2 Å². The number of aromatic amines is 1. The lowest BCUT2D eigenvalue weighted by Crippen LogP contribution is -2.32. The van der Waals surface area contributed by atoms with Crippen molar-refractivity contribution in [2.24, 2.45) is 11.3 Å². The molecule has 21 heavy (non-hydrogen) atoms. The van der Waals surface area contributed by atoms with Crippen molar-refractivity contribution in [1.29, 1.82) is 0 Å². The minimum absolute atomic E-state index is 0.164. The number of aliphatic hydroxyl groups is 1. The fraction of sp³-hybridized carbons (Fsp3) is 0.588. The first-order valence-corrected chi connectivity index (χ1v) is 8.18. The Bertz CT molecular complexity index is 629. The van der Waals surface area contributed by atoms with Crippen LogP contribution in [0.15, 0.2) is 18.3 Å². The van der Waals surface area contributed by atoms with Gasteiger partial charge in [-0.3, -0.25) is 5.10 Å². The van der Waals surface area contributed by atoms with Gasteiger partial charge >= 0.3 is 0 Å². The first-order valence-electron chi connectivity index (χ1n) is 7.80. The summed E-state index contributed by atoms with van der Waals surface area (Å²) < 4.78 is 0. The molecule has 0 bridgehead atoms. The molecule has 1 atom stereocenters. The van der Waals surface area contributed by atoms with E-state index in [0.29, 0.717) is 10.9 Å². The summed E-state index contributed by atoms with van der Waals surface area (Å²) >= 11 is 6.21. The lowest BCUT2D eigenvalue weighted by Gasteiger charge is -2.41. The van der Waals surface area contributed by atoms with Gasteiger partial charge in [0.2, 0.25) is 0 Å². The standard InChI is InChI=1S/C17H23ClN2O/c1-17(2,12-6-4-3-5-7-12)16(21)14-9-13(18)8-11-10-19-20-15(11)14/h8-10,12,16,21H,3-7H2,1-2H3,(H,19,20). The second kappa shape index (κ2) is 5.62. The SMILES string of the molecule is CC(C)(C1CCCCC1)C(O)c1cc(Cl)cc2cn[nH]c12. The Labute approximate surface area is 130 Å². The maximum absolute atomic E-state index is 11.0. The minimum atomic E-state index is -0.540. The predicted molar refractivity (Wildman–Crippen MR) is 86.4 cm³/mol. The molecule has 1 aromatic heterocycles. The number of halogens is 1. The molecule has 1 saturated carbocycles. The molecule has 0 amide bonds. The molecular weight excluding hydrogens is 284 g/mol. The Morgan fingerprint density at radius 3 is 2.71 bits per heavy atom. The number of hydrogen-bond donors (Lipinski definition) is 2. The number of nitrogens with one attached hydrogen (secondary N) is 1. The number of nitrogens with zero attached hydrogens (tertiary/aromatic N) is 1. The van der Waals surface area contributed by atoms with Gasteiger partial charge in [0.25, 0.3) is 0 Å². The van der Waals surface area contributed by atoms with Gasteiger partial charge in [0.1, 0.15) is 0 Å². The lowest BCUT2D eigenvalue weighted by molar-refractivity contribution is -0.00781. The Kier molecular flexibility index (Phi) is 3.98. The van der Waals surface area contributed by atoms with Crippen molar-refractivity contribution in [2.75, 3.05) is 0 Å². The van der Waals surface area contributed by atoms with Gasteiger partial charge in [-0.05, 0) is 36.3 Å². The second-order valence-electron chi connectivity index (χ2n) is 6.89. The van der Waals surface area contributed by atoms with Crippen molar-refractivity contribution < 1.29 is 5.11 Å². The van der Waals surface area contributed by atoms with E-state index in [1.165, 1.54) is 32.1 Å². The maximum Gasteiger partial charge on any atom is 0.0864 e. The van der Waals surface area contributed by atoms with Gasteiger partial charge < -0.3 is 5.11 Å². The van der Waals surface area contributed by atoms with E-state index in [2.05, 4.69) is 24.0 Å². The normalized spacial score (nSPS) is 19.0. The third-order valence-corrected chi connectivity index (χ3v) is 5.42. The number of aliphatic hydroxyl groups excluding tert-OH is 1. The zero-order valence-corrected chi connectivity index (χ0v) is 13.5. The first kappa shape index (κ1) is 14.9. The number of hydrogen-bond acceptors (Lipinski definition) is 2. The monoisotopic (exact) mass is 306 g/mol. The summed E-state index contributed by atoms with van der Waals surface area (Å²) in [6.07, 6.45) is 7.50. The second-order valence-corrected chi connectivity index (χ2v) is 7.32. The molecule has 1 aliphatic rings. The molecule has 1 aliphatic carbocycles. The first-order chi connectivity index (χ1) is 10.00. The number of rotatable bonds is 3. The van der Waals surface area contributed by atoms with Crippen molar-refractivity contribution >= 4 is 22.5 Å². The zero-order chi connectivity index (χ0) is 15.0. The van der Waals surface area contributed by atoms with Crippen LogP contribution >= 0.6 is 11.6 Å². The van der Waals surface area contributed by atoms with E-state index in [4.69, 9.17) is 11.6 Å². The molecule has 1 unspecified atom stereocenters. The average molecular weight is 307 g/mol. The number of aromatic nitrogens is 2. The highest BCUT2D eigenvalue weighted by Gasteiger charge is 2.38. The van der Waals surface area contributed by atoms with Crippen LogP contribution < -0.4 is 0 Å². The topological polar surface area (TPSA) is 48.9 Å². The molecule has 0 spiro atoms. The van der Waals surface area contributed by atoms with E-state index >= 15 is 0 Å². The quantitative estimate of drug-likeness (QED) is 0.851. The maximum atomic E-state index is 11.0. The van der Waals surface area contributed by atoms with Gasteiger partial charge in [0.05, 0.1) is 17.8 Å². The molecule has 2 N–H and O–H groups in total. The number of H-pyrrole nitrogens is 1. The van der Waals surface area contributed by atoms with Crippen molar-refractivity contribution in [3.8, 4) is 0 Å². The highest BCUT2D eigenvalue weighted by atomic mass is 35.5. The number of fused-ring (bicyclic) bond motifs is 1. The van der Waals surface area contributed by atoms with E-state index in [0.717, 1.165) is 16.5 Å². The van der Waals surface area contributed by atoms with Crippen LogP contribution in [0.1, 0.15) is 57.6 Å². The van der Waals surface area contributed by atoms with Gasteiger partial charge in [-0.2, -0.15) is 5.10 Å².